The average molecular weight is 289 g/mol. The SMILES string of the molecule is N/C(CCN(C(=O)C1CCCCC1)c1ccccc1)=N/O. The van der Waals surface area contributed by atoms with Crippen molar-refractivity contribution in [2.75, 3.05) is 11.4 Å². The number of carbonyl (C=O) groups is 1. The first-order valence-corrected chi connectivity index (χ1v) is 7.55. The summed E-state index contributed by atoms with van der Waals surface area (Å²) in [6, 6.07) is 9.61. The van der Waals surface area contributed by atoms with Crippen molar-refractivity contribution in [3.05, 3.63) is 30.3 Å². The fraction of sp³-hybridized carbons (Fsp3) is 0.500. The normalized spacial score (nSPS) is 16.7. The quantitative estimate of drug-likeness (QED) is 0.378. The van der Waals surface area contributed by atoms with Gasteiger partial charge in [0.25, 0.3) is 0 Å². The summed E-state index contributed by atoms with van der Waals surface area (Å²) in [7, 11) is 0. The Labute approximate surface area is 125 Å². The number of anilines is 1. The van der Waals surface area contributed by atoms with E-state index in [0.29, 0.717) is 13.0 Å². The summed E-state index contributed by atoms with van der Waals surface area (Å²) in [4.78, 5) is 14.6. The van der Waals surface area contributed by atoms with Crippen molar-refractivity contribution in [3.63, 3.8) is 0 Å². The van der Waals surface area contributed by atoms with E-state index in [-0.39, 0.29) is 17.7 Å². The second kappa shape index (κ2) is 7.67. The van der Waals surface area contributed by atoms with Gasteiger partial charge in [-0.15, -0.1) is 0 Å². The molecule has 3 N–H and O–H groups in total. The van der Waals surface area contributed by atoms with Crippen molar-refractivity contribution < 1.29 is 10.0 Å². The summed E-state index contributed by atoms with van der Waals surface area (Å²) in [5.74, 6) is 0.408. The van der Waals surface area contributed by atoms with Crippen molar-refractivity contribution in [2.45, 2.75) is 38.5 Å². The van der Waals surface area contributed by atoms with Crippen LogP contribution in [-0.2, 0) is 4.79 Å². The van der Waals surface area contributed by atoms with Gasteiger partial charge in [0, 0.05) is 24.6 Å². The van der Waals surface area contributed by atoms with Crippen molar-refractivity contribution in [2.24, 2.45) is 16.8 Å². The Bertz CT molecular complexity index is 482. The number of rotatable bonds is 5. The maximum atomic E-state index is 12.8. The van der Waals surface area contributed by atoms with Crippen molar-refractivity contribution >= 4 is 17.4 Å². The molecule has 114 valence electrons. The minimum Gasteiger partial charge on any atom is -0.409 e. The number of nitrogens with two attached hydrogens (primary N) is 1. The van der Waals surface area contributed by atoms with Gasteiger partial charge in [-0.05, 0) is 25.0 Å². The van der Waals surface area contributed by atoms with E-state index in [4.69, 9.17) is 10.9 Å². The monoisotopic (exact) mass is 289 g/mol. The molecular formula is C16H23N3O2. The van der Waals surface area contributed by atoms with E-state index < -0.39 is 0 Å². The number of amides is 1. The smallest absolute Gasteiger partial charge is 0.230 e. The number of benzene rings is 1. The lowest BCUT2D eigenvalue weighted by Crippen LogP contribution is -2.39. The molecule has 1 aliphatic carbocycles. The highest BCUT2D eigenvalue weighted by atomic mass is 16.4. The van der Waals surface area contributed by atoms with E-state index in [1.807, 2.05) is 30.3 Å². The standard InChI is InChI=1S/C16H23N3O2/c17-15(18-21)11-12-19(14-9-5-2-6-10-14)16(20)13-7-3-1-4-8-13/h2,5-6,9-10,13,21H,1,3-4,7-8,11-12H2,(H2,17,18). The number of carbonyl (C=O) groups excluding carboxylic acids is 1. The van der Waals surface area contributed by atoms with Gasteiger partial charge in [0.2, 0.25) is 5.91 Å². The van der Waals surface area contributed by atoms with Gasteiger partial charge >= 0.3 is 0 Å². The van der Waals surface area contributed by atoms with Gasteiger partial charge in [-0.3, -0.25) is 4.79 Å². The molecule has 0 spiro atoms. The van der Waals surface area contributed by atoms with Crippen LogP contribution in [0.2, 0.25) is 0 Å². The van der Waals surface area contributed by atoms with Crippen molar-refractivity contribution in [1.29, 1.82) is 0 Å². The Hall–Kier alpha value is -2.04. The van der Waals surface area contributed by atoms with Gasteiger partial charge in [0.15, 0.2) is 0 Å². The fourth-order valence-corrected chi connectivity index (χ4v) is 2.82. The van der Waals surface area contributed by atoms with Gasteiger partial charge in [0.05, 0.1) is 0 Å². The Balaban J connectivity index is 2.12. The number of para-hydroxylation sites is 1. The number of nitrogens with zero attached hydrogens (tertiary/aromatic N) is 2. The second-order valence-electron chi connectivity index (χ2n) is 5.50. The van der Waals surface area contributed by atoms with Crippen LogP contribution in [0.1, 0.15) is 38.5 Å². The average Bonchev–Trinajstić information content (AvgIpc) is 2.56. The summed E-state index contributed by atoms with van der Waals surface area (Å²) < 4.78 is 0. The third kappa shape index (κ3) is 4.21. The number of hydrogen-bond acceptors (Lipinski definition) is 3. The second-order valence-corrected chi connectivity index (χ2v) is 5.50. The first kappa shape index (κ1) is 15.4. The molecule has 1 aromatic carbocycles. The van der Waals surface area contributed by atoms with E-state index >= 15 is 0 Å². The van der Waals surface area contributed by atoms with Gasteiger partial charge in [-0.2, -0.15) is 0 Å². The predicted octanol–water partition coefficient (Wildman–Crippen LogP) is 2.74. The van der Waals surface area contributed by atoms with Crippen LogP contribution in [0.25, 0.3) is 0 Å². The Morgan fingerprint density at radius 2 is 1.90 bits per heavy atom. The summed E-state index contributed by atoms with van der Waals surface area (Å²) in [5, 5.41) is 11.6. The molecule has 0 aromatic heterocycles. The molecule has 0 heterocycles. The molecule has 0 bridgehead atoms. The van der Waals surface area contributed by atoms with Gasteiger partial charge in [-0.1, -0.05) is 42.6 Å². The molecule has 1 aliphatic rings. The maximum absolute atomic E-state index is 12.8. The Morgan fingerprint density at radius 1 is 1.24 bits per heavy atom. The molecule has 0 aliphatic heterocycles. The van der Waals surface area contributed by atoms with E-state index in [9.17, 15) is 4.79 Å². The molecular weight excluding hydrogens is 266 g/mol. The number of oxime groups is 1. The minimum absolute atomic E-state index is 0.103. The lowest BCUT2D eigenvalue weighted by atomic mass is 9.88. The molecule has 21 heavy (non-hydrogen) atoms. The molecule has 5 nitrogen and oxygen atoms in total. The first-order chi connectivity index (χ1) is 10.2. The van der Waals surface area contributed by atoms with E-state index in [1.54, 1.807) is 4.90 Å². The molecule has 2 rings (SSSR count). The molecule has 1 aromatic rings. The molecule has 0 atom stereocenters. The lowest BCUT2D eigenvalue weighted by molar-refractivity contribution is -0.123. The van der Waals surface area contributed by atoms with E-state index in [0.717, 1.165) is 31.4 Å². The van der Waals surface area contributed by atoms with Crippen LogP contribution >= 0.6 is 0 Å². The van der Waals surface area contributed by atoms with Crippen molar-refractivity contribution in [3.8, 4) is 0 Å². The largest absolute Gasteiger partial charge is 0.409 e. The summed E-state index contributed by atoms with van der Waals surface area (Å²) in [5.41, 5.74) is 6.41. The maximum Gasteiger partial charge on any atom is 0.230 e. The van der Waals surface area contributed by atoms with Crippen LogP contribution in [0.3, 0.4) is 0 Å². The Kier molecular flexibility index (Phi) is 5.60. The fourth-order valence-electron chi connectivity index (χ4n) is 2.82. The highest BCUT2D eigenvalue weighted by Crippen LogP contribution is 2.27. The molecule has 0 unspecified atom stereocenters. The van der Waals surface area contributed by atoms with Crippen LogP contribution in [0.5, 0.6) is 0 Å². The topological polar surface area (TPSA) is 78.9 Å². The molecule has 5 heteroatoms. The zero-order valence-corrected chi connectivity index (χ0v) is 12.2. The molecule has 1 saturated carbocycles. The van der Waals surface area contributed by atoms with Crippen LogP contribution in [0.4, 0.5) is 5.69 Å². The summed E-state index contributed by atoms with van der Waals surface area (Å²) >= 11 is 0. The van der Waals surface area contributed by atoms with E-state index in [1.165, 1.54) is 6.42 Å². The first-order valence-electron chi connectivity index (χ1n) is 7.55. The van der Waals surface area contributed by atoms with Crippen LogP contribution in [-0.4, -0.2) is 23.5 Å². The lowest BCUT2D eigenvalue weighted by Gasteiger charge is -2.29. The summed E-state index contributed by atoms with van der Waals surface area (Å²) in [6.45, 7) is 0.440. The summed E-state index contributed by atoms with van der Waals surface area (Å²) in [6.07, 6.45) is 5.76. The zero-order valence-electron chi connectivity index (χ0n) is 12.2. The molecule has 1 fully saturated rings. The number of hydrogen-bond donors (Lipinski definition) is 2. The van der Waals surface area contributed by atoms with Gasteiger partial charge < -0.3 is 15.8 Å². The molecule has 1 amide bonds. The highest BCUT2D eigenvalue weighted by molar-refractivity contribution is 5.95. The third-order valence-corrected chi connectivity index (χ3v) is 4.01. The third-order valence-electron chi connectivity index (χ3n) is 4.01. The zero-order chi connectivity index (χ0) is 15.1. The molecule has 0 radical (unpaired) electrons. The van der Waals surface area contributed by atoms with Crippen molar-refractivity contribution in [1.82, 2.24) is 0 Å². The van der Waals surface area contributed by atoms with Crippen LogP contribution < -0.4 is 10.6 Å². The van der Waals surface area contributed by atoms with Gasteiger partial charge in [0.1, 0.15) is 5.84 Å². The van der Waals surface area contributed by atoms with Crippen LogP contribution in [0, 0.1) is 5.92 Å². The Morgan fingerprint density at radius 3 is 2.52 bits per heavy atom. The highest BCUT2D eigenvalue weighted by Gasteiger charge is 2.26. The predicted molar refractivity (Wildman–Crippen MR) is 83.4 cm³/mol. The van der Waals surface area contributed by atoms with Crippen LogP contribution in [0.15, 0.2) is 35.5 Å². The number of amidine groups is 1. The van der Waals surface area contributed by atoms with Gasteiger partial charge in [-0.25, -0.2) is 0 Å². The minimum atomic E-state index is 0.103. The van der Waals surface area contributed by atoms with E-state index in [2.05, 4.69) is 5.16 Å². The molecule has 0 saturated heterocycles.